The molecule has 5 rings (SSSR count). The van der Waals surface area contributed by atoms with E-state index in [4.69, 9.17) is 5.73 Å². The van der Waals surface area contributed by atoms with Crippen molar-refractivity contribution in [2.24, 2.45) is 11.7 Å². The van der Waals surface area contributed by atoms with Crippen LogP contribution >= 0.6 is 0 Å². The van der Waals surface area contributed by atoms with Gasteiger partial charge in [-0.25, -0.2) is 9.78 Å². The third kappa shape index (κ3) is 5.85. The van der Waals surface area contributed by atoms with Crippen LogP contribution < -0.4 is 11.1 Å². The molecule has 3 amide bonds. The Morgan fingerprint density at radius 1 is 1.08 bits per heavy atom. The number of imidazole rings is 1. The van der Waals surface area contributed by atoms with Gasteiger partial charge in [-0.1, -0.05) is 48.5 Å². The number of carbonyl (C=O) groups is 2. The van der Waals surface area contributed by atoms with E-state index < -0.39 is 0 Å². The molecule has 0 radical (unpaired) electrons. The highest BCUT2D eigenvalue weighted by atomic mass is 16.2. The minimum absolute atomic E-state index is 0.129. The topological polar surface area (TPSA) is 96.5 Å². The largest absolute Gasteiger partial charge is 0.351 e. The number of fused-ring (bicyclic) bond motifs is 1. The maximum Gasteiger partial charge on any atom is 0.314 e. The molecule has 3 N–H and O–H groups in total. The zero-order valence-corrected chi connectivity index (χ0v) is 21.5. The van der Waals surface area contributed by atoms with Gasteiger partial charge in [-0.15, -0.1) is 0 Å². The molecule has 0 saturated carbocycles. The quantitative estimate of drug-likeness (QED) is 0.521. The molecule has 2 aliphatic heterocycles. The SMILES string of the molecule is Cc1ccccc1CN1Cc2ccccc2CC(NCc2cncn2CC2CCN(C(N)=O)CC2)C1=O. The second-order valence-corrected chi connectivity index (χ2v) is 10.3. The van der Waals surface area contributed by atoms with Gasteiger partial charge in [-0.05, 0) is 54.4 Å². The summed E-state index contributed by atoms with van der Waals surface area (Å²) in [6, 6.07) is 16.0. The molecule has 1 atom stereocenters. The highest BCUT2D eigenvalue weighted by Crippen LogP contribution is 2.23. The summed E-state index contributed by atoms with van der Waals surface area (Å²) in [5, 5.41) is 3.56. The van der Waals surface area contributed by atoms with Crippen molar-refractivity contribution < 1.29 is 9.59 Å². The summed E-state index contributed by atoms with van der Waals surface area (Å²) in [7, 11) is 0. The van der Waals surface area contributed by atoms with E-state index >= 15 is 0 Å². The minimum atomic E-state index is -0.336. The highest BCUT2D eigenvalue weighted by Gasteiger charge is 2.30. The first-order valence-electron chi connectivity index (χ1n) is 13.1. The van der Waals surface area contributed by atoms with Gasteiger partial charge in [0.15, 0.2) is 0 Å². The molecule has 194 valence electrons. The van der Waals surface area contributed by atoms with E-state index in [1.54, 1.807) is 4.90 Å². The van der Waals surface area contributed by atoms with E-state index in [1.165, 1.54) is 22.3 Å². The summed E-state index contributed by atoms with van der Waals surface area (Å²) in [6.07, 6.45) is 6.27. The molecule has 37 heavy (non-hydrogen) atoms. The van der Waals surface area contributed by atoms with E-state index in [1.807, 2.05) is 29.6 Å². The van der Waals surface area contributed by atoms with E-state index in [-0.39, 0.29) is 18.0 Å². The molecule has 0 bridgehead atoms. The van der Waals surface area contributed by atoms with Crippen molar-refractivity contribution >= 4 is 11.9 Å². The van der Waals surface area contributed by atoms with Gasteiger partial charge in [0, 0.05) is 45.5 Å². The van der Waals surface area contributed by atoms with Crippen molar-refractivity contribution in [3.63, 3.8) is 0 Å². The van der Waals surface area contributed by atoms with Crippen LogP contribution in [-0.2, 0) is 37.4 Å². The fraction of sp³-hybridized carbons (Fsp3) is 0.414. The standard InChI is InChI=1S/C29H36N6O2/c1-21-6-2-3-8-24(21)18-34-19-25-9-5-4-7-23(25)14-27(28(34)36)32-16-26-15-31-20-35(26)17-22-10-12-33(13-11-22)29(30)37/h2-9,15,20,22,27,32H,10-14,16-19H2,1H3,(H2,30,37). The number of carbonyl (C=O) groups excluding carboxylic acids is 2. The molecule has 2 aromatic carbocycles. The highest BCUT2D eigenvalue weighted by molar-refractivity contribution is 5.83. The van der Waals surface area contributed by atoms with Crippen LogP contribution in [0.3, 0.4) is 0 Å². The summed E-state index contributed by atoms with van der Waals surface area (Å²) in [6.45, 7) is 6.13. The predicted molar refractivity (Wildman–Crippen MR) is 142 cm³/mol. The van der Waals surface area contributed by atoms with E-state index in [9.17, 15) is 9.59 Å². The van der Waals surface area contributed by atoms with Gasteiger partial charge in [-0.3, -0.25) is 10.1 Å². The van der Waals surface area contributed by atoms with Gasteiger partial charge < -0.3 is 20.1 Å². The number of nitrogens with zero attached hydrogens (tertiary/aromatic N) is 4. The van der Waals surface area contributed by atoms with Gasteiger partial charge in [-0.2, -0.15) is 0 Å². The Morgan fingerprint density at radius 3 is 2.57 bits per heavy atom. The second-order valence-electron chi connectivity index (χ2n) is 10.3. The number of aryl methyl sites for hydroxylation is 1. The lowest BCUT2D eigenvalue weighted by atomic mass is 9.97. The van der Waals surface area contributed by atoms with Crippen molar-refractivity contribution in [1.82, 2.24) is 24.7 Å². The molecular weight excluding hydrogens is 464 g/mol. The Labute approximate surface area is 218 Å². The van der Waals surface area contributed by atoms with Crippen LogP contribution in [0.4, 0.5) is 4.79 Å². The lowest BCUT2D eigenvalue weighted by Crippen LogP contribution is -2.45. The molecule has 0 spiro atoms. The summed E-state index contributed by atoms with van der Waals surface area (Å²) >= 11 is 0. The van der Waals surface area contributed by atoms with E-state index in [0.29, 0.717) is 45.1 Å². The van der Waals surface area contributed by atoms with Gasteiger partial charge in [0.25, 0.3) is 0 Å². The van der Waals surface area contributed by atoms with Gasteiger partial charge >= 0.3 is 6.03 Å². The average Bonchev–Trinajstić information content (AvgIpc) is 3.29. The number of nitrogens with one attached hydrogen (secondary N) is 1. The Hall–Kier alpha value is -3.65. The lowest BCUT2D eigenvalue weighted by Gasteiger charge is -2.31. The molecular formula is C29H36N6O2. The summed E-state index contributed by atoms with van der Waals surface area (Å²) in [5.74, 6) is 0.601. The smallest absolute Gasteiger partial charge is 0.314 e. The molecule has 3 heterocycles. The van der Waals surface area contributed by atoms with Crippen LogP contribution in [0, 0.1) is 12.8 Å². The minimum Gasteiger partial charge on any atom is -0.351 e. The molecule has 3 aromatic rings. The number of piperidine rings is 1. The number of nitrogens with two attached hydrogens (primary N) is 1. The van der Waals surface area contributed by atoms with Gasteiger partial charge in [0.1, 0.15) is 0 Å². The second kappa shape index (κ2) is 11.2. The first kappa shape index (κ1) is 25.0. The van der Waals surface area contributed by atoms with Crippen LogP contribution in [0.2, 0.25) is 0 Å². The molecule has 1 aromatic heterocycles. The number of aromatic nitrogens is 2. The Balaban J connectivity index is 1.27. The Bertz CT molecular complexity index is 1250. The molecule has 1 fully saturated rings. The third-order valence-corrected chi connectivity index (χ3v) is 7.85. The van der Waals surface area contributed by atoms with Crippen molar-refractivity contribution in [3.8, 4) is 0 Å². The monoisotopic (exact) mass is 500 g/mol. The molecule has 0 aliphatic carbocycles. The Morgan fingerprint density at radius 2 is 1.81 bits per heavy atom. The zero-order valence-electron chi connectivity index (χ0n) is 21.5. The van der Waals surface area contributed by atoms with Crippen molar-refractivity contribution in [1.29, 1.82) is 0 Å². The summed E-state index contributed by atoms with van der Waals surface area (Å²) in [5.41, 5.74) is 11.3. The maximum absolute atomic E-state index is 13.8. The number of amides is 3. The third-order valence-electron chi connectivity index (χ3n) is 7.85. The van der Waals surface area contributed by atoms with Crippen LogP contribution in [0.25, 0.3) is 0 Å². The van der Waals surface area contributed by atoms with Crippen LogP contribution in [-0.4, -0.2) is 50.4 Å². The van der Waals surface area contributed by atoms with Crippen LogP contribution in [0.1, 0.15) is 40.8 Å². The number of rotatable bonds is 7. The summed E-state index contributed by atoms with van der Waals surface area (Å²) in [4.78, 5) is 33.3. The summed E-state index contributed by atoms with van der Waals surface area (Å²) < 4.78 is 2.18. The van der Waals surface area contributed by atoms with E-state index in [0.717, 1.165) is 25.1 Å². The maximum atomic E-state index is 13.8. The number of hydrogen-bond acceptors (Lipinski definition) is 4. The number of hydrogen-bond donors (Lipinski definition) is 2. The van der Waals surface area contributed by atoms with Crippen molar-refractivity contribution in [2.75, 3.05) is 13.1 Å². The number of likely N-dealkylation sites (tertiary alicyclic amines) is 1. The molecule has 2 aliphatic rings. The van der Waals surface area contributed by atoms with Crippen LogP contribution in [0.5, 0.6) is 0 Å². The first-order chi connectivity index (χ1) is 18.0. The average molecular weight is 501 g/mol. The molecule has 1 saturated heterocycles. The molecule has 8 heteroatoms. The van der Waals surface area contributed by atoms with E-state index in [2.05, 4.69) is 58.2 Å². The lowest BCUT2D eigenvalue weighted by molar-refractivity contribution is -0.134. The van der Waals surface area contributed by atoms with Gasteiger partial charge in [0.2, 0.25) is 5.91 Å². The fourth-order valence-electron chi connectivity index (χ4n) is 5.51. The normalized spacial score (nSPS) is 18.5. The van der Waals surface area contributed by atoms with Crippen LogP contribution in [0.15, 0.2) is 61.1 Å². The Kier molecular flexibility index (Phi) is 7.55. The predicted octanol–water partition coefficient (Wildman–Crippen LogP) is 3.23. The van der Waals surface area contributed by atoms with Crippen molar-refractivity contribution in [2.45, 2.75) is 58.4 Å². The number of urea groups is 1. The first-order valence-corrected chi connectivity index (χ1v) is 13.1. The molecule has 8 nitrogen and oxygen atoms in total. The van der Waals surface area contributed by atoms with Gasteiger partial charge in [0.05, 0.1) is 18.1 Å². The zero-order chi connectivity index (χ0) is 25.8. The molecule has 1 unspecified atom stereocenters. The number of benzene rings is 2. The fourth-order valence-corrected chi connectivity index (χ4v) is 5.51. The van der Waals surface area contributed by atoms with Crippen molar-refractivity contribution in [3.05, 3.63) is 89.0 Å². The number of primary amides is 1.